The lowest BCUT2D eigenvalue weighted by molar-refractivity contribution is 0.0860. The van der Waals surface area contributed by atoms with Gasteiger partial charge in [0.2, 0.25) is 0 Å². The summed E-state index contributed by atoms with van der Waals surface area (Å²) in [5, 5.41) is 4.00. The molecule has 1 saturated heterocycles. The Morgan fingerprint density at radius 3 is 2.85 bits per heavy atom. The molecule has 0 bridgehead atoms. The van der Waals surface area contributed by atoms with Crippen LogP contribution < -0.4 is 4.90 Å². The first-order valence-corrected chi connectivity index (χ1v) is 8.47. The van der Waals surface area contributed by atoms with E-state index < -0.39 is 6.43 Å². The fraction of sp³-hybridized carbons (Fsp3) is 0.412. The van der Waals surface area contributed by atoms with Gasteiger partial charge in [-0.1, -0.05) is 0 Å². The Bertz CT molecular complexity index is 971. The highest BCUT2D eigenvalue weighted by atomic mass is 19.3. The number of morpholine rings is 1. The number of fused-ring (bicyclic) bond motifs is 1. The van der Waals surface area contributed by atoms with Crippen LogP contribution in [0.5, 0.6) is 0 Å². The molecule has 2 fully saturated rings. The molecule has 0 unspecified atom stereocenters. The lowest BCUT2D eigenvalue weighted by Gasteiger charge is -2.37. The van der Waals surface area contributed by atoms with E-state index in [4.69, 9.17) is 4.74 Å². The number of alkyl halides is 2. The highest BCUT2D eigenvalue weighted by Gasteiger charge is 2.50. The van der Waals surface area contributed by atoms with Crippen LogP contribution in [-0.2, 0) is 4.74 Å². The molecule has 0 aromatic carbocycles. The molecule has 0 atom stereocenters. The second kappa shape index (κ2) is 5.66. The SMILES string of the molecule is FC(F)c1ccc2ncc(-c3cc(N4CCOCC45CC5)ncn3)n2n1. The van der Waals surface area contributed by atoms with E-state index in [1.165, 1.54) is 23.0 Å². The Labute approximate surface area is 147 Å². The third-order valence-electron chi connectivity index (χ3n) is 5.03. The summed E-state index contributed by atoms with van der Waals surface area (Å²) in [5.41, 5.74) is 1.41. The van der Waals surface area contributed by atoms with Gasteiger partial charge in [0.1, 0.15) is 23.5 Å². The maximum atomic E-state index is 13.0. The first-order chi connectivity index (χ1) is 12.7. The van der Waals surface area contributed by atoms with Gasteiger partial charge < -0.3 is 9.64 Å². The molecule has 1 saturated carbocycles. The van der Waals surface area contributed by atoms with E-state index >= 15 is 0 Å². The fourth-order valence-electron chi connectivity index (χ4n) is 3.46. The van der Waals surface area contributed by atoms with E-state index in [0.717, 1.165) is 25.2 Å². The van der Waals surface area contributed by atoms with E-state index in [0.29, 0.717) is 30.2 Å². The van der Waals surface area contributed by atoms with Crippen LogP contribution in [0.2, 0.25) is 0 Å². The minimum absolute atomic E-state index is 0.0461. The van der Waals surface area contributed by atoms with Crippen molar-refractivity contribution in [3.63, 3.8) is 0 Å². The number of aromatic nitrogens is 5. The standard InChI is InChI=1S/C17H16F2N6O/c18-16(19)11-1-2-14-20-8-13(25(14)23-11)12-7-15(22-10-21-12)24-5-6-26-9-17(24)3-4-17/h1-2,7-8,10,16H,3-6,9H2. The van der Waals surface area contributed by atoms with E-state index in [1.54, 1.807) is 6.20 Å². The first kappa shape index (κ1) is 15.6. The Morgan fingerprint density at radius 2 is 2.04 bits per heavy atom. The number of imidazole rings is 1. The fourth-order valence-corrected chi connectivity index (χ4v) is 3.46. The summed E-state index contributed by atoms with van der Waals surface area (Å²) in [6.07, 6.45) is 2.61. The highest BCUT2D eigenvalue weighted by molar-refractivity contribution is 5.63. The summed E-state index contributed by atoms with van der Waals surface area (Å²) in [6, 6.07) is 4.68. The van der Waals surface area contributed by atoms with E-state index in [-0.39, 0.29) is 11.2 Å². The van der Waals surface area contributed by atoms with Crippen LogP contribution in [0.1, 0.15) is 25.0 Å². The summed E-state index contributed by atoms with van der Waals surface area (Å²) >= 11 is 0. The zero-order chi connectivity index (χ0) is 17.7. The van der Waals surface area contributed by atoms with Gasteiger partial charge in [-0.25, -0.2) is 28.2 Å². The Kier molecular flexibility index (Phi) is 3.39. The lowest BCUT2D eigenvalue weighted by atomic mass is 10.2. The molecule has 7 nitrogen and oxygen atoms in total. The van der Waals surface area contributed by atoms with Crippen LogP contribution in [-0.4, -0.2) is 49.9 Å². The van der Waals surface area contributed by atoms with Crippen LogP contribution in [0.25, 0.3) is 17.0 Å². The molecule has 5 rings (SSSR count). The number of nitrogens with zero attached hydrogens (tertiary/aromatic N) is 6. The molecule has 2 aliphatic rings. The van der Waals surface area contributed by atoms with Crippen molar-refractivity contribution in [3.8, 4) is 11.4 Å². The van der Waals surface area contributed by atoms with Crippen molar-refractivity contribution in [3.05, 3.63) is 36.4 Å². The average Bonchev–Trinajstić information content (AvgIpc) is 3.29. The molecular weight excluding hydrogens is 342 g/mol. The summed E-state index contributed by atoms with van der Waals surface area (Å²) in [5.74, 6) is 0.816. The van der Waals surface area contributed by atoms with E-state index in [9.17, 15) is 8.78 Å². The molecule has 1 aliphatic heterocycles. The van der Waals surface area contributed by atoms with Crippen molar-refractivity contribution in [1.29, 1.82) is 0 Å². The summed E-state index contributed by atoms with van der Waals surface area (Å²) in [6.45, 7) is 2.15. The predicted octanol–water partition coefficient (Wildman–Crippen LogP) is 2.49. The molecule has 0 radical (unpaired) electrons. The summed E-state index contributed by atoms with van der Waals surface area (Å²) in [4.78, 5) is 15.2. The number of hydrogen-bond donors (Lipinski definition) is 0. The molecule has 1 aliphatic carbocycles. The van der Waals surface area contributed by atoms with Gasteiger partial charge in [-0.2, -0.15) is 5.10 Å². The highest BCUT2D eigenvalue weighted by Crippen LogP contribution is 2.45. The molecule has 0 amide bonds. The zero-order valence-corrected chi connectivity index (χ0v) is 13.8. The first-order valence-electron chi connectivity index (χ1n) is 8.47. The van der Waals surface area contributed by atoms with Crippen molar-refractivity contribution in [1.82, 2.24) is 24.6 Å². The molecule has 0 N–H and O–H groups in total. The molecule has 3 aromatic rings. The normalized spacial score (nSPS) is 18.8. The molecular formula is C17H16F2N6O. The number of hydrogen-bond acceptors (Lipinski definition) is 6. The van der Waals surface area contributed by atoms with Crippen molar-refractivity contribution < 1.29 is 13.5 Å². The summed E-state index contributed by atoms with van der Waals surface area (Å²) in [7, 11) is 0. The number of rotatable bonds is 3. The number of anilines is 1. The third kappa shape index (κ3) is 2.42. The lowest BCUT2D eigenvalue weighted by Crippen LogP contribution is -2.48. The molecule has 3 aromatic heterocycles. The zero-order valence-electron chi connectivity index (χ0n) is 13.8. The maximum absolute atomic E-state index is 13.0. The van der Waals surface area contributed by atoms with Gasteiger partial charge in [0.15, 0.2) is 5.65 Å². The number of ether oxygens (including phenoxy) is 1. The molecule has 26 heavy (non-hydrogen) atoms. The topological polar surface area (TPSA) is 68.4 Å². The average molecular weight is 358 g/mol. The second-order valence-corrected chi connectivity index (χ2v) is 6.66. The second-order valence-electron chi connectivity index (χ2n) is 6.66. The van der Waals surface area contributed by atoms with Gasteiger partial charge in [0, 0.05) is 12.6 Å². The molecule has 9 heteroatoms. The van der Waals surface area contributed by atoms with Gasteiger partial charge >= 0.3 is 0 Å². The van der Waals surface area contributed by atoms with Crippen LogP contribution in [0, 0.1) is 0 Å². The van der Waals surface area contributed by atoms with E-state index in [1.807, 2.05) is 6.07 Å². The van der Waals surface area contributed by atoms with Crippen LogP contribution in [0.3, 0.4) is 0 Å². The third-order valence-corrected chi connectivity index (χ3v) is 5.03. The van der Waals surface area contributed by atoms with Crippen molar-refractivity contribution in [2.75, 3.05) is 24.7 Å². The number of halogens is 2. The minimum Gasteiger partial charge on any atom is -0.377 e. The summed E-state index contributed by atoms with van der Waals surface area (Å²) < 4.78 is 33.0. The predicted molar refractivity (Wildman–Crippen MR) is 89.1 cm³/mol. The van der Waals surface area contributed by atoms with Crippen molar-refractivity contribution in [2.45, 2.75) is 24.8 Å². The maximum Gasteiger partial charge on any atom is 0.282 e. The molecule has 134 valence electrons. The van der Waals surface area contributed by atoms with Gasteiger partial charge in [-0.15, -0.1) is 0 Å². The monoisotopic (exact) mass is 358 g/mol. The van der Waals surface area contributed by atoms with Crippen molar-refractivity contribution >= 4 is 11.5 Å². The van der Waals surface area contributed by atoms with Gasteiger partial charge in [0.25, 0.3) is 6.43 Å². The van der Waals surface area contributed by atoms with Crippen LogP contribution >= 0.6 is 0 Å². The van der Waals surface area contributed by atoms with Gasteiger partial charge in [-0.05, 0) is 25.0 Å². The van der Waals surface area contributed by atoms with Crippen molar-refractivity contribution in [2.24, 2.45) is 0 Å². The molecule has 1 spiro atoms. The Hall–Kier alpha value is -2.68. The van der Waals surface area contributed by atoms with E-state index in [2.05, 4.69) is 25.0 Å². The van der Waals surface area contributed by atoms with Crippen LogP contribution in [0.4, 0.5) is 14.6 Å². The quantitative estimate of drug-likeness (QED) is 0.717. The van der Waals surface area contributed by atoms with Crippen LogP contribution in [0.15, 0.2) is 30.7 Å². The Morgan fingerprint density at radius 1 is 1.15 bits per heavy atom. The molecule has 4 heterocycles. The largest absolute Gasteiger partial charge is 0.377 e. The van der Waals surface area contributed by atoms with Gasteiger partial charge in [-0.3, -0.25) is 0 Å². The Balaban J connectivity index is 1.57. The van der Waals surface area contributed by atoms with Gasteiger partial charge in [0.05, 0.1) is 30.6 Å². The smallest absolute Gasteiger partial charge is 0.282 e. The minimum atomic E-state index is -2.64.